The summed E-state index contributed by atoms with van der Waals surface area (Å²) in [6.45, 7) is 0. The van der Waals surface area contributed by atoms with Crippen LogP contribution in [0.1, 0.15) is 11.1 Å². The van der Waals surface area contributed by atoms with E-state index < -0.39 is 21.7 Å². The molecule has 0 saturated carbocycles. The highest BCUT2D eigenvalue weighted by Gasteiger charge is 2.21. The zero-order valence-corrected chi connectivity index (χ0v) is 19.7. The third-order valence-corrected chi connectivity index (χ3v) is 6.23. The molecule has 0 atom stereocenters. The van der Waals surface area contributed by atoms with Crippen molar-refractivity contribution in [2.75, 3.05) is 33.2 Å². The number of halogens is 2. The van der Waals surface area contributed by atoms with Crippen LogP contribution in [0, 0.1) is 11.6 Å². The summed E-state index contributed by atoms with van der Waals surface area (Å²) in [4.78, 5) is -0.226. The summed E-state index contributed by atoms with van der Waals surface area (Å²) in [7, 11) is 1.49. The first-order valence-electron chi connectivity index (χ1n) is 9.87. The van der Waals surface area contributed by atoms with Crippen LogP contribution in [0.25, 0.3) is 12.2 Å². The molecule has 34 heavy (non-hydrogen) atoms. The van der Waals surface area contributed by atoms with Gasteiger partial charge in [0.15, 0.2) is 23.1 Å². The Morgan fingerprint density at radius 2 is 1.35 bits per heavy atom. The molecule has 180 valence electrons. The molecule has 0 aromatic heterocycles. The number of anilines is 1. The van der Waals surface area contributed by atoms with Crippen LogP contribution in [-0.4, -0.2) is 36.9 Å². The molecule has 7 nitrogen and oxygen atoms in total. The average molecular weight is 492 g/mol. The Bertz CT molecular complexity index is 1280. The highest BCUT2D eigenvalue weighted by molar-refractivity contribution is 7.92. The number of benzene rings is 3. The predicted molar refractivity (Wildman–Crippen MR) is 125 cm³/mol. The molecule has 0 unspecified atom stereocenters. The maximum atomic E-state index is 15.1. The van der Waals surface area contributed by atoms with Crippen molar-refractivity contribution in [3.8, 4) is 23.0 Å². The lowest BCUT2D eigenvalue weighted by molar-refractivity contribution is 0.324. The lowest BCUT2D eigenvalue weighted by Crippen LogP contribution is -2.15. The van der Waals surface area contributed by atoms with Crippen LogP contribution in [0.2, 0.25) is 0 Å². The molecule has 1 N–H and O–H groups in total. The predicted octanol–water partition coefficient (Wildman–Crippen LogP) is 4.97. The molecule has 0 fully saturated rings. The highest BCUT2D eigenvalue weighted by atomic mass is 32.2. The second kappa shape index (κ2) is 10.4. The van der Waals surface area contributed by atoms with Crippen molar-refractivity contribution < 1.29 is 36.1 Å². The monoisotopic (exact) mass is 491 g/mol. The summed E-state index contributed by atoms with van der Waals surface area (Å²) in [5.41, 5.74) is 0.517. The van der Waals surface area contributed by atoms with E-state index in [-0.39, 0.29) is 21.9 Å². The SMILES string of the molecule is COc1ccc(C=Cc2cc(OC)c(OC)c(OC)c2)c(NS(=O)(=O)c2ccc(F)cc2)c1F. The van der Waals surface area contributed by atoms with E-state index >= 15 is 4.39 Å². The fraction of sp³-hybridized carbons (Fsp3) is 0.167. The summed E-state index contributed by atoms with van der Waals surface area (Å²) >= 11 is 0. The molecule has 0 heterocycles. The van der Waals surface area contributed by atoms with Crippen LogP contribution in [0.3, 0.4) is 0 Å². The number of rotatable bonds is 9. The second-order valence-corrected chi connectivity index (χ2v) is 8.58. The number of sulfonamides is 1. The van der Waals surface area contributed by atoms with Gasteiger partial charge in [-0.05, 0) is 54.1 Å². The van der Waals surface area contributed by atoms with Gasteiger partial charge in [0.25, 0.3) is 10.0 Å². The smallest absolute Gasteiger partial charge is 0.262 e. The van der Waals surface area contributed by atoms with Crippen LogP contribution in [0.4, 0.5) is 14.5 Å². The van der Waals surface area contributed by atoms with Crippen molar-refractivity contribution in [2.45, 2.75) is 4.90 Å². The number of hydrogen-bond donors (Lipinski definition) is 1. The zero-order chi connectivity index (χ0) is 24.9. The Labute approximate surface area is 196 Å². The van der Waals surface area contributed by atoms with Gasteiger partial charge < -0.3 is 18.9 Å². The summed E-state index contributed by atoms with van der Waals surface area (Å²) in [5, 5.41) is 0. The van der Waals surface area contributed by atoms with Gasteiger partial charge in [-0.1, -0.05) is 12.2 Å². The minimum atomic E-state index is -4.22. The molecule has 0 aliphatic carbocycles. The van der Waals surface area contributed by atoms with Crippen LogP contribution < -0.4 is 23.7 Å². The molecule has 0 amide bonds. The fourth-order valence-corrected chi connectivity index (χ4v) is 4.25. The van der Waals surface area contributed by atoms with Crippen LogP contribution in [0.15, 0.2) is 53.4 Å². The maximum absolute atomic E-state index is 15.1. The van der Waals surface area contributed by atoms with E-state index in [1.165, 1.54) is 46.6 Å². The largest absolute Gasteiger partial charge is 0.494 e. The summed E-state index contributed by atoms with van der Waals surface area (Å²) in [5.74, 6) is -0.410. The number of methoxy groups -OCH3 is 4. The molecular formula is C24H23F2NO6S. The minimum Gasteiger partial charge on any atom is -0.494 e. The van der Waals surface area contributed by atoms with Gasteiger partial charge in [0.1, 0.15) is 5.82 Å². The van der Waals surface area contributed by atoms with Gasteiger partial charge in [0.05, 0.1) is 39.0 Å². The van der Waals surface area contributed by atoms with Gasteiger partial charge in [-0.3, -0.25) is 4.72 Å². The highest BCUT2D eigenvalue weighted by Crippen LogP contribution is 2.39. The first kappa shape index (κ1) is 24.8. The van der Waals surface area contributed by atoms with Gasteiger partial charge in [-0.15, -0.1) is 0 Å². The van der Waals surface area contributed by atoms with E-state index in [1.54, 1.807) is 18.2 Å². The summed E-state index contributed by atoms with van der Waals surface area (Å²) in [6, 6.07) is 10.4. The molecule has 0 radical (unpaired) electrons. The van der Waals surface area contributed by atoms with E-state index in [0.29, 0.717) is 22.8 Å². The Balaban J connectivity index is 2.05. The summed E-state index contributed by atoms with van der Waals surface area (Å²) in [6.07, 6.45) is 3.15. The second-order valence-electron chi connectivity index (χ2n) is 6.90. The lowest BCUT2D eigenvalue weighted by atomic mass is 10.1. The van der Waals surface area contributed by atoms with Crippen molar-refractivity contribution in [3.63, 3.8) is 0 Å². The molecule has 3 aromatic carbocycles. The van der Waals surface area contributed by atoms with Gasteiger partial charge in [-0.2, -0.15) is 0 Å². The van der Waals surface area contributed by atoms with Crippen molar-refractivity contribution >= 4 is 27.9 Å². The number of hydrogen-bond acceptors (Lipinski definition) is 6. The van der Waals surface area contributed by atoms with Crippen molar-refractivity contribution in [3.05, 3.63) is 71.3 Å². The van der Waals surface area contributed by atoms with Gasteiger partial charge in [-0.25, -0.2) is 17.2 Å². The number of nitrogens with one attached hydrogen (secondary N) is 1. The van der Waals surface area contributed by atoms with E-state index in [2.05, 4.69) is 4.72 Å². The van der Waals surface area contributed by atoms with Crippen LogP contribution >= 0.6 is 0 Å². The Kier molecular flexibility index (Phi) is 7.62. The molecule has 0 aliphatic heterocycles. The average Bonchev–Trinajstić information content (AvgIpc) is 2.83. The molecule has 10 heteroatoms. The zero-order valence-electron chi connectivity index (χ0n) is 18.9. The van der Waals surface area contributed by atoms with Gasteiger partial charge >= 0.3 is 0 Å². The van der Waals surface area contributed by atoms with E-state index in [4.69, 9.17) is 18.9 Å². The molecule has 3 aromatic rings. The molecule has 0 saturated heterocycles. The molecule has 3 rings (SSSR count). The van der Waals surface area contributed by atoms with E-state index in [1.807, 2.05) is 0 Å². The molecule has 0 spiro atoms. The lowest BCUT2D eigenvalue weighted by Gasteiger charge is -2.14. The molecule has 0 bridgehead atoms. The first-order chi connectivity index (χ1) is 16.2. The van der Waals surface area contributed by atoms with Crippen molar-refractivity contribution in [1.29, 1.82) is 0 Å². The quantitative estimate of drug-likeness (QED) is 0.426. The molecule has 0 aliphatic rings. The normalized spacial score (nSPS) is 11.4. The fourth-order valence-electron chi connectivity index (χ4n) is 3.16. The van der Waals surface area contributed by atoms with Crippen LogP contribution in [0.5, 0.6) is 23.0 Å². The van der Waals surface area contributed by atoms with Gasteiger partial charge in [0.2, 0.25) is 5.75 Å². The van der Waals surface area contributed by atoms with Gasteiger partial charge in [0, 0.05) is 5.56 Å². The molecular weight excluding hydrogens is 468 g/mol. The summed E-state index contributed by atoms with van der Waals surface area (Å²) < 4.78 is 77.2. The first-order valence-corrected chi connectivity index (χ1v) is 11.3. The van der Waals surface area contributed by atoms with E-state index in [9.17, 15) is 12.8 Å². The van der Waals surface area contributed by atoms with Crippen molar-refractivity contribution in [1.82, 2.24) is 0 Å². The third kappa shape index (κ3) is 5.23. The minimum absolute atomic E-state index is 0.151. The maximum Gasteiger partial charge on any atom is 0.262 e. The third-order valence-electron chi connectivity index (χ3n) is 4.86. The number of ether oxygens (including phenoxy) is 4. The standard InChI is InChI=1S/C24H23F2NO6S/c1-30-19-12-7-16(6-5-15-13-20(31-2)24(33-4)21(14-15)32-3)23(22(19)26)27-34(28,29)18-10-8-17(25)9-11-18/h5-14,27H,1-4H3. The Morgan fingerprint density at radius 1 is 0.765 bits per heavy atom. The Hall–Kier alpha value is -3.79. The van der Waals surface area contributed by atoms with E-state index in [0.717, 1.165) is 24.3 Å². The topological polar surface area (TPSA) is 83.1 Å². The Morgan fingerprint density at radius 3 is 1.88 bits per heavy atom. The van der Waals surface area contributed by atoms with Crippen LogP contribution in [-0.2, 0) is 10.0 Å². The van der Waals surface area contributed by atoms with Crippen molar-refractivity contribution in [2.24, 2.45) is 0 Å².